The molecular weight excluding hydrogens is 444 g/mol. The van der Waals surface area contributed by atoms with E-state index in [1.807, 2.05) is 24.3 Å². The molecule has 1 saturated heterocycles. The van der Waals surface area contributed by atoms with Crippen molar-refractivity contribution in [2.75, 3.05) is 13.7 Å². The van der Waals surface area contributed by atoms with Gasteiger partial charge in [0.25, 0.3) is 11.7 Å². The van der Waals surface area contributed by atoms with Gasteiger partial charge in [-0.25, -0.2) is 0 Å². The van der Waals surface area contributed by atoms with Crippen molar-refractivity contribution in [1.82, 2.24) is 9.88 Å². The van der Waals surface area contributed by atoms with E-state index in [2.05, 4.69) is 11.9 Å². The first-order chi connectivity index (χ1) is 17.0. The number of aliphatic hydroxyl groups excluding tert-OH is 1. The van der Waals surface area contributed by atoms with Crippen LogP contribution in [0.25, 0.3) is 5.76 Å². The molecule has 0 bridgehead atoms. The monoisotopic (exact) mass is 472 g/mol. The molecule has 1 atom stereocenters. The molecule has 2 heterocycles. The molecule has 1 N–H and O–H groups in total. The number of hydrogen-bond donors (Lipinski definition) is 1. The highest BCUT2D eigenvalue weighted by Crippen LogP contribution is 2.41. The summed E-state index contributed by atoms with van der Waals surface area (Å²) in [6, 6.07) is 16.9. The van der Waals surface area contributed by atoms with E-state index in [0.717, 1.165) is 18.4 Å². The number of methoxy groups -OCH3 is 1. The van der Waals surface area contributed by atoms with E-state index in [4.69, 9.17) is 9.47 Å². The quantitative estimate of drug-likeness (QED) is 0.206. The molecule has 0 saturated carbocycles. The number of ether oxygens (including phenoxy) is 2. The summed E-state index contributed by atoms with van der Waals surface area (Å²) in [5.74, 6) is -0.397. The predicted octanol–water partition coefficient (Wildman–Crippen LogP) is 4.89. The van der Waals surface area contributed by atoms with Crippen LogP contribution in [-0.2, 0) is 16.1 Å². The Morgan fingerprint density at radius 3 is 2.46 bits per heavy atom. The van der Waals surface area contributed by atoms with Crippen molar-refractivity contribution in [2.45, 2.75) is 32.4 Å². The van der Waals surface area contributed by atoms with Crippen LogP contribution in [0.5, 0.6) is 11.5 Å². The van der Waals surface area contributed by atoms with Gasteiger partial charge in [0.1, 0.15) is 17.3 Å². The number of pyridine rings is 1. The molecule has 1 unspecified atom stereocenters. The number of nitrogens with zero attached hydrogens (tertiary/aromatic N) is 2. The molecule has 0 aliphatic carbocycles. The second-order valence-corrected chi connectivity index (χ2v) is 8.29. The minimum absolute atomic E-state index is 0.0389. The van der Waals surface area contributed by atoms with Gasteiger partial charge in [0, 0.05) is 24.5 Å². The number of unbranched alkanes of at least 4 members (excludes halogenated alkanes) is 1. The smallest absolute Gasteiger partial charge is 0.295 e. The lowest BCUT2D eigenvalue weighted by molar-refractivity contribution is -0.140. The summed E-state index contributed by atoms with van der Waals surface area (Å²) in [6.07, 6.45) is 5.26. The molecule has 35 heavy (non-hydrogen) atoms. The number of aliphatic hydroxyl groups is 1. The van der Waals surface area contributed by atoms with Gasteiger partial charge in [0.2, 0.25) is 0 Å². The highest BCUT2D eigenvalue weighted by molar-refractivity contribution is 6.46. The Labute approximate surface area is 204 Å². The summed E-state index contributed by atoms with van der Waals surface area (Å²) in [5, 5.41) is 11.2. The second kappa shape index (κ2) is 10.9. The fourth-order valence-corrected chi connectivity index (χ4v) is 4.08. The van der Waals surface area contributed by atoms with Gasteiger partial charge < -0.3 is 19.5 Å². The minimum atomic E-state index is -0.765. The van der Waals surface area contributed by atoms with Gasteiger partial charge in [-0.3, -0.25) is 14.6 Å². The Kier molecular flexibility index (Phi) is 7.45. The molecule has 7 nitrogen and oxygen atoms in total. The second-order valence-electron chi connectivity index (χ2n) is 8.29. The molecule has 180 valence electrons. The number of aromatic nitrogens is 1. The van der Waals surface area contributed by atoms with E-state index in [1.54, 1.807) is 48.8 Å². The summed E-state index contributed by atoms with van der Waals surface area (Å²) in [5.41, 5.74) is 1.96. The van der Waals surface area contributed by atoms with Crippen molar-refractivity contribution < 1.29 is 24.2 Å². The molecule has 3 aromatic rings. The molecule has 1 aliphatic rings. The molecule has 4 rings (SSSR count). The van der Waals surface area contributed by atoms with E-state index < -0.39 is 17.7 Å². The average Bonchev–Trinajstić information content (AvgIpc) is 3.14. The van der Waals surface area contributed by atoms with E-state index in [-0.39, 0.29) is 17.9 Å². The number of carbonyl (C=O) groups excluding carboxylic acids is 2. The Hall–Kier alpha value is -4.13. The number of Topliss-reactive ketones (excluding diaryl/α,β-unsaturated/α-hetero) is 1. The minimum Gasteiger partial charge on any atom is -0.507 e. The first-order valence-corrected chi connectivity index (χ1v) is 11.6. The molecule has 1 amide bonds. The zero-order chi connectivity index (χ0) is 24.8. The van der Waals surface area contributed by atoms with E-state index in [1.165, 1.54) is 12.0 Å². The number of rotatable bonds is 9. The average molecular weight is 473 g/mol. The molecule has 0 spiro atoms. The maximum Gasteiger partial charge on any atom is 0.295 e. The van der Waals surface area contributed by atoms with Gasteiger partial charge in [0.15, 0.2) is 0 Å². The topological polar surface area (TPSA) is 89.0 Å². The van der Waals surface area contributed by atoms with Crippen LogP contribution in [0.15, 0.2) is 78.6 Å². The zero-order valence-corrected chi connectivity index (χ0v) is 19.8. The van der Waals surface area contributed by atoms with Gasteiger partial charge in [-0.15, -0.1) is 0 Å². The first-order valence-electron chi connectivity index (χ1n) is 11.6. The lowest BCUT2D eigenvalue weighted by Gasteiger charge is -2.25. The van der Waals surface area contributed by atoms with Gasteiger partial charge in [0.05, 0.1) is 25.3 Å². The van der Waals surface area contributed by atoms with Crippen LogP contribution in [0, 0.1) is 0 Å². The van der Waals surface area contributed by atoms with Gasteiger partial charge >= 0.3 is 0 Å². The van der Waals surface area contributed by atoms with E-state index >= 15 is 0 Å². The summed E-state index contributed by atoms with van der Waals surface area (Å²) in [6.45, 7) is 2.91. The number of amides is 1. The van der Waals surface area contributed by atoms with Crippen LogP contribution in [0.2, 0.25) is 0 Å². The summed E-state index contributed by atoms with van der Waals surface area (Å²) in [4.78, 5) is 31.9. The standard InChI is InChI=1S/C28H28N2O5/c1-3-4-16-35-22-10-8-20(9-11-22)25-24(26(31)21-6-5-7-23(17-21)34-2)27(32)28(33)30(25)18-19-12-14-29-15-13-19/h5-15,17,25,31H,3-4,16,18H2,1-2H3. The van der Waals surface area contributed by atoms with Crippen LogP contribution in [-0.4, -0.2) is 40.4 Å². The number of carbonyl (C=O) groups is 2. The molecule has 1 aliphatic heterocycles. The summed E-state index contributed by atoms with van der Waals surface area (Å²) >= 11 is 0. The molecule has 0 radical (unpaired) electrons. The highest BCUT2D eigenvalue weighted by atomic mass is 16.5. The Morgan fingerprint density at radius 1 is 1.03 bits per heavy atom. The molecule has 7 heteroatoms. The third-order valence-electron chi connectivity index (χ3n) is 5.95. The highest BCUT2D eigenvalue weighted by Gasteiger charge is 2.46. The first kappa shape index (κ1) is 24.0. The lowest BCUT2D eigenvalue weighted by Crippen LogP contribution is -2.29. The predicted molar refractivity (Wildman–Crippen MR) is 132 cm³/mol. The molecular formula is C28H28N2O5. The number of ketones is 1. The van der Waals surface area contributed by atoms with Crippen molar-refractivity contribution in [2.24, 2.45) is 0 Å². The van der Waals surface area contributed by atoms with Crippen LogP contribution >= 0.6 is 0 Å². The van der Waals surface area contributed by atoms with E-state index in [0.29, 0.717) is 29.2 Å². The largest absolute Gasteiger partial charge is 0.507 e. The maximum absolute atomic E-state index is 13.2. The summed E-state index contributed by atoms with van der Waals surface area (Å²) < 4.78 is 11.0. The van der Waals surface area contributed by atoms with Crippen LogP contribution < -0.4 is 9.47 Å². The van der Waals surface area contributed by atoms with Crippen molar-refractivity contribution >= 4 is 17.4 Å². The Morgan fingerprint density at radius 2 is 1.77 bits per heavy atom. The van der Waals surface area contributed by atoms with Gasteiger partial charge in [-0.2, -0.15) is 0 Å². The van der Waals surface area contributed by atoms with Crippen molar-refractivity contribution in [3.63, 3.8) is 0 Å². The lowest BCUT2D eigenvalue weighted by atomic mass is 9.95. The van der Waals surface area contributed by atoms with Gasteiger partial charge in [-0.1, -0.05) is 37.6 Å². The number of likely N-dealkylation sites (tertiary alicyclic amines) is 1. The maximum atomic E-state index is 13.2. The fraction of sp³-hybridized carbons (Fsp3) is 0.250. The fourth-order valence-electron chi connectivity index (χ4n) is 4.08. The normalized spacial score (nSPS) is 17.0. The van der Waals surface area contributed by atoms with E-state index in [9.17, 15) is 14.7 Å². The third-order valence-corrected chi connectivity index (χ3v) is 5.95. The Bertz CT molecular complexity index is 1220. The van der Waals surface area contributed by atoms with Crippen LogP contribution in [0.3, 0.4) is 0 Å². The van der Waals surface area contributed by atoms with Crippen molar-refractivity contribution in [3.8, 4) is 11.5 Å². The number of hydrogen-bond acceptors (Lipinski definition) is 6. The van der Waals surface area contributed by atoms with Gasteiger partial charge in [-0.05, 0) is 53.9 Å². The van der Waals surface area contributed by atoms with Crippen molar-refractivity contribution in [1.29, 1.82) is 0 Å². The van der Waals surface area contributed by atoms with Crippen LogP contribution in [0.1, 0.15) is 42.5 Å². The molecule has 1 fully saturated rings. The van der Waals surface area contributed by atoms with Crippen LogP contribution in [0.4, 0.5) is 0 Å². The Balaban J connectivity index is 1.77. The number of benzene rings is 2. The third kappa shape index (κ3) is 5.19. The molecule has 1 aromatic heterocycles. The zero-order valence-electron chi connectivity index (χ0n) is 19.8. The summed E-state index contributed by atoms with van der Waals surface area (Å²) in [7, 11) is 1.52. The molecule has 2 aromatic carbocycles. The SMILES string of the molecule is CCCCOc1ccc(C2C(=C(O)c3cccc(OC)c3)C(=O)C(=O)N2Cc2ccncc2)cc1. The van der Waals surface area contributed by atoms with Crippen molar-refractivity contribution in [3.05, 3.63) is 95.3 Å².